The van der Waals surface area contributed by atoms with Crippen LogP contribution in [-0.2, 0) is 0 Å². The molecule has 0 aliphatic carbocycles. The van der Waals surface area contributed by atoms with Crippen molar-refractivity contribution in [1.29, 1.82) is 0 Å². The van der Waals surface area contributed by atoms with E-state index in [0.29, 0.717) is 0 Å². The predicted octanol–water partition coefficient (Wildman–Crippen LogP) is 3.32. The lowest BCUT2D eigenvalue weighted by Crippen LogP contribution is -2.02. The van der Waals surface area contributed by atoms with Gasteiger partial charge in [-0.25, -0.2) is 9.97 Å². The first-order valence-corrected chi connectivity index (χ1v) is 7.52. The van der Waals surface area contributed by atoms with Gasteiger partial charge in [0.25, 0.3) is 0 Å². The largest absolute Gasteiger partial charge is 0.496 e. The fourth-order valence-electron chi connectivity index (χ4n) is 2.04. The molecule has 0 fully saturated rings. The molecule has 0 saturated heterocycles. The van der Waals surface area contributed by atoms with Gasteiger partial charge in [-0.15, -0.1) is 0 Å². The fourth-order valence-corrected chi connectivity index (χ4v) is 3.05. The molecule has 2 heterocycles. The lowest BCUT2D eigenvalue weighted by molar-refractivity contribution is 0.405. The molecule has 21 heavy (non-hydrogen) atoms. The molecule has 5 nitrogen and oxygen atoms in total. The average Bonchev–Trinajstić information content (AvgIpc) is 2.97. The summed E-state index contributed by atoms with van der Waals surface area (Å²) in [5, 5.41) is 4.09. The highest BCUT2D eigenvalue weighted by molar-refractivity contribution is 7.99. The van der Waals surface area contributed by atoms with E-state index in [0.717, 1.165) is 33.7 Å². The molecule has 0 aliphatic heterocycles. The van der Waals surface area contributed by atoms with Gasteiger partial charge in [-0.1, -0.05) is 23.9 Å². The van der Waals surface area contributed by atoms with E-state index in [1.165, 1.54) is 0 Å². The summed E-state index contributed by atoms with van der Waals surface area (Å²) in [7, 11) is 1.67. The molecule has 0 radical (unpaired) electrons. The van der Waals surface area contributed by atoms with Crippen LogP contribution >= 0.6 is 11.8 Å². The Bertz CT molecular complexity index is 756. The van der Waals surface area contributed by atoms with Crippen molar-refractivity contribution in [1.82, 2.24) is 14.4 Å². The number of nitrogens with one attached hydrogen (secondary N) is 1. The Morgan fingerprint density at radius 2 is 2.19 bits per heavy atom. The van der Waals surface area contributed by atoms with Crippen LogP contribution in [0.5, 0.6) is 5.75 Å². The first-order valence-electron chi connectivity index (χ1n) is 6.70. The van der Waals surface area contributed by atoms with Crippen LogP contribution in [0.1, 0.15) is 6.92 Å². The molecule has 0 atom stereocenters. The van der Waals surface area contributed by atoms with Crippen LogP contribution in [0, 0.1) is 0 Å². The summed E-state index contributed by atoms with van der Waals surface area (Å²) < 4.78 is 7.37. The molecular weight excluding hydrogens is 284 g/mol. The van der Waals surface area contributed by atoms with Crippen molar-refractivity contribution >= 4 is 23.2 Å². The SMILES string of the molecule is CCNc1cn2ccnc2c(Sc2ccccc2OC)n1. The maximum Gasteiger partial charge on any atom is 0.170 e. The molecule has 3 aromatic rings. The molecule has 0 saturated carbocycles. The first-order chi connectivity index (χ1) is 10.3. The van der Waals surface area contributed by atoms with Crippen molar-refractivity contribution in [3.05, 3.63) is 42.9 Å². The molecule has 0 aliphatic rings. The summed E-state index contributed by atoms with van der Waals surface area (Å²) in [5.41, 5.74) is 0.840. The summed E-state index contributed by atoms with van der Waals surface area (Å²) in [6, 6.07) is 7.90. The number of fused-ring (bicyclic) bond motifs is 1. The van der Waals surface area contributed by atoms with Crippen LogP contribution in [0.2, 0.25) is 0 Å². The summed E-state index contributed by atoms with van der Waals surface area (Å²) in [5.74, 6) is 1.67. The number of benzene rings is 1. The zero-order valence-electron chi connectivity index (χ0n) is 11.9. The van der Waals surface area contributed by atoms with E-state index in [9.17, 15) is 0 Å². The van der Waals surface area contributed by atoms with Gasteiger partial charge in [0.2, 0.25) is 0 Å². The highest BCUT2D eigenvalue weighted by Gasteiger charge is 2.11. The van der Waals surface area contributed by atoms with E-state index < -0.39 is 0 Å². The van der Waals surface area contributed by atoms with Gasteiger partial charge >= 0.3 is 0 Å². The summed E-state index contributed by atoms with van der Waals surface area (Å²) >= 11 is 1.55. The number of rotatable bonds is 5. The second-order valence-corrected chi connectivity index (χ2v) is 5.40. The summed E-state index contributed by atoms with van der Waals surface area (Å²) in [6.07, 6.45) is 5.64. The lowest BCUT2D eigenvalue weighted by atomic mass is 10.3. The highest BCUT2D eigenvalue weighted by Crippen LogP contribution is 2.35. The molecule has 0 unspecified atom stereocenters. The number of nitrogens with zero attached hydrogens (tertiary/aromatic N) is 3. The van der Waals surface area contributed by atoms with Gasteiger partial charge < -0.3 is 14.5 Å². The number of para-hydroxylation sites is 1. The van der Waals surface area contributed by atoms with Gasteiger partial charge in [0.1, 0.15) is 16.6 Å². The number of methoxy groups -OCH3 is 1. The third-order valence-corrected chi connectivity index (χ3v) is 4.00. The van der Waals surface area contributed by atoms with E-state index in [2.05, 4.69) is 15.3 Å². The lowest BCUT2D eigenvalue weighted by Gasteiger charge is -2.10. The molecule has 108 valence electrons. The van der Waals surface area contributed by atoms with Gasteiger partial charge in [-0.3, -0.25) is 0 Å². The topological polar surface area (TPSA) is 51.5 Å². The Hall–Kier alpha value is -2.21. The molecule has 1 N–H and O–H groups in total. The average molecular weight is 300 g/mol. The van der Waals surface area contributed by atoms with Crippen molar-refractivity contribution in [2.75, 3.05) is 19.0 Å². The van der Waals surface area contributed by atoms with Crippen LogP contribution in [0.15, 0.2) is 52.8 Å². The fraction of sp³-hybridized carbons (Fsp3) is 0.200. The van der Waals surface area contributed by atoms with Gasteiger partial charge in [0.15, 0.2) is 5.65 Å². The van der Waals surface area contributed by atoms with E-state index in [1.807, 2.05) is 48.0 Å². The molecule has 0 amide bonds. The van der Waals surface area contributed by atoms with E-state index in [1.54, 1.807) is 25.1 Å². The molecule has 3 rings (SSSR count). The monoisotopic (exact) mass is 300 g/mol. The standard InChI is InChI=1S/C15H16N4OS/c1-3-16-13-10-19-9-8-17-14(19)15(18-13)21-12-7-5-4-6-11(12)20-2/h4-10,16H,3H2,1-2H3. The minimum atomic E-state index is 0.825. The Labute approximate surface area is 127 Å². The minimum Gasteiger partial charge on any atom is -0.496 e. The quantitative estimate of drug-likeness (QED) is 0.783. The third kappa shape index (κ3) is 2.80. The molecular formula is C15H16N4OS. The van der Waals surface area contributed by atoms with Crippen LogP contribution in [0.25, 0.3) is 5.65 Å². The normalized spacial score (nSPS) is 10.8. The zero-order valence-corrected chi connectivity index (χ0v) is 12.7. The molecule has 0 bridgehead atoms. The van der Waals surface area contributed by atoms with Crippen molar-refractivity contribution in [3.8, 4) is 5.75 Å². The van der Waals surface area contributed by atoms with E-state index >= 15 is 0 Å². The summed E-state index contributed by atoms with van der Waals surface area (Å²) in [6.45, 7) is 2.87. The maximum atomic E-state index is 5.40. The first kappa shape index (κ1) is 13.8. The van der Waals surface area contributed by atoms with Gasteiger partial charge in [-0.05, 0) is 19.1 Å². The Morgan fingerprint density at radius 3 is 3.00 bits per heavy atom. The Morgan fingerprint density at radius 1 is 1.33 bits per heavy atom. The second-order valence-electron chi connectivity index (χ2n) is 4.37. The van der Waals surface area contributed by atoms with Gasteiger partial charge in [-0.2, -0.15) is 0 Å². The molecule has 2 aromatic heterocycles. The van der Waals surface area contributed by atoms with Crippen LogP contribution < -0.4 is 10.1 Å². The van der Waals surface area contributed by atoms with Crippen molar-refractivity contribution in [3.63, 3.8) is 0 Å². The van der Waals surface area contributed by atoms with E-state index in [4.69, 9.17) is 4.74 Å². The number of ether oxygens (including phenoxy) is 1. The smallest absolute Gasteiger partial charge is 0.170 e. The van der Waals surface area contributed by atoms with Crippen LogP contribution in [-0.4, -0.2) is 28.0 Å². The van der Waals surface area contributed by atoms with Gasteiger partial charge in [0.05, 0.1) is 18.2 Å². The Balaban J connectivity index is 2.04. The highest BCUT2D eigenvalue weighted by atomic mass is 32.2. The zero-order chi connectivity index (χ0) is 14.7. The predicted molar refractivity (Wildman–Crippen MR) is 84.3 cm³/mol. The van der Waals surface area contributed by atoms with Crippen molar-refractivity contribution < 1.29 is 4.74 Å². The second kappa shape index (κ2) is 6.05. The number of imidazole rings is 1. The van der Waals surface area contributed by atoms with Crippen LogP contribution in [0.3, 0.4) is 0 Å². The molecule has 1 aromatic carbocycles. The molecule has 0 spiro atoms. The number of hydrogen-bond acceptors (Lipinski definition) is 5. The summed E-state index contributed by atoms with van der Waals surface area (Å²) in [4.78, 5) is 10.0. The number of anilines is 1. The Kier molecular flexibility index (Phi) is 3.96. The van der Waals surface area contributed by atoms with Crippen molar-refractivity contribution in [2.45, 2.75) is 16.8 Å². The minimum absolute atomic E-state index is 0.825. The number of aromatic nitrogens is 3. The van der Waals surface area contributed by atoms with Crippen molar-refractivity contribution in [2.24, 2.45) is 0 Å². The molecule has 6 heteroatoms. The number of hydrogen-bond donors (Lipinski definition) is 1. The maximum absolute atomic E-state index is 5.40. The third-order valence-electron chi connectivity index (χ3n) is 2.98. The van der Waals surface area contributed by atoms with Crippen LogP contribution in [0.4, 0.5) is 5.82 Å². The van der Waals surface area contributed by atoms with Gasteiger partial charge in [0, 0.05) is 18.9 Å². The van der Waals surface area contributed by atoms with E-state index in [-0.39, 0.29) is 0 Å².